The number of amides is 1. The summed E-state index contributed by atoms with van der Waals surface area (Å²) in [6, 6.07) is 16.3. The number of aromatic nitrogens is 2. The van der Waals surface area contributed by atoms with E-state index in [1.807, 2.05) is 24.3 Å². The molecular formula is C27H35ClN6O3. The molecule has 5 N–H and O–H groups in total. The number of nitrogens with zero attached hydrogens (tertiary/aromatic N) is 3. The Balaban J connectivity index is 1.53. The molecular weight excluding hydrogens is 492 g/mol. The van der Waals surface area contributed by atoms with E-state index < -0.39 is 5.91 Å². The second kappa shape index (κ2) is 14.2. The van der Waals surface area contributed by atoms with Crippen molar-refractivity contribution >= 4 is 29.1 Å². The van der Waals surface area contributed by atoms with E-state index in [2.05, 4.69) is 44.5 Å². The predicted molar refractivity (Wildman–Crippen MR) is 147 cm³/mol. The number of carbonyl (C=O) groups is 1. The quantitative estimate of drug-likeness (QED) is 0.290. The fourth-order valence-corrected chi connectivity index (χ4v) is 4.08. The normalized spacial score (nSPS) is 10.9. The lowest BCUT2D eigenvalue weighted by molar-refractivity contribution is 0.0944. The molecule has 0 unspecified atom stereocenters. The van der Waals surface area contributed by atoms with Crippen LogP contribution in [0.3, 0.4) is 0 Å². The lowest BCUT2D eigenvalue weighted by Crippen LogP contribution is -2.37. The first-order chi connectivity index (χ1) is 17.9. The van der Waals surface area contributed by atoms with Crippen molar-refractivity contribution in [2.75, 3.05) is 51.9 Å². The van der Waals surface area contributed by atoms with Gasteiger partial charge in [0.05, 0.1) is 14.2 Å². The molecule has 0 aliphatic rings. The van der Waals surface area contributed by atoms with Crippen LogP contribution in [-0.2, 0) is 12.8 Å². The summed E-state index contributed by atoms with van der Waals surface area (Å²) in [5.74, 6) is 1.23. The Kier molecular flexibility index (Phi) is 10.8. The van der Waals surface area contributed by atoms with Crippen molar-refractivity contribution in [1.29, 1.82) is 0 Å². The maximum Gasteiger partial charge on any atom is 0.273 e. The summed E-state index contributed by atoms with van der Waals surface area (Å²) in [4.78, 5) is 22.8. The van der Waals surface area contributed by atoms with E-state index in [4.69, 9.17) is 32.5 Å². The van der Waals surface area contributed by atoms with Gasteiger partial charge in [-0.25, -0.2) is 9.97 Å². The number of hydrogen-bond donors (Lipinski definition) is 3. The van der Waals surface area contributed by atoms with Gasteiger partial charge in [-0.1, -0.05) is 35.9 Å². The van der Waals surface area contributed by atoms with Crippen LogP contribution < -0.4 is 26.3 Å². The Bertz CT molecular complexity index is 1090. The Labute approximate surface area is 223 Å². The second-order valence-electron chi connectivity index (χ2n) is 8.63. The summed E-state index contributed by atoms with van der Waals surface area (Å²) in [5.41, 5.74) is 13.9. The van der Waals surface area contributed by atoms with E-state index in [1.54, 1.807) is 14.2 Å². The fraction of sp³-hybridized carbons (Fsp3) is 0.370. The maximum absolute atomic E-state index is 12.6. The first kappa shape index (κ1) is 28.0. The van der Waals surface area contributed by atoms with Crippen LogP contribution in [0.4, 0.5) is 11.6 Å². The molecule has 0 bridgehead atoms. The minimum atomic E-state index is -0.427. The zero-order valence-corrected chi connectivity index (χ0v) is 22.1. The van der Waals surface area contributed by atoms with Gasteiger partial charge < -0.3 is 31.2 Å². The summed E-state index contributed by atoms with van der Waals surface area (Å²) in [7, 11) is 3.33. The number of hydrogen-bond acceptors (Lipinski definition) is 8. The second-order valence-corrected chi connectivity index (χ2v) is 8.99. The lowest BCUT2D eigenvalue weighted by atomic mass is 10.1. The Morgan fingerprint density at radius 1 is 0.838 bits per heavy atom. The fourth-order valence-electron chi connectivity index (χ4n) is 3.95. The summed E-state index contributed by atoms with van der Waals surface area (Å²) >= 11 is 5.91. The van der Waals surface area contributed by atoms with Crippen molar-refractivity contribution in [3.63, 3.8) is 0 Å². The van der Waals surface area contributed by atoms with E-state index in [0.717, 1.165) is 50.3 Å². The number of benzene rings is 2. The molecule has 9 nitrogen and oxygen atoms in total. The van der Waals surface area contributed by atoms with Crippen LogP contribution in [0.25, 0.3) is 0 Å². The number of ether oxygens (including phenoxy) is 2. The Morgan fingerprint density at radius 2 is 1.35 bits per heavy atom. The van der Waals surface area contributed by atoms with E-state index in [-0.39, 0.29) is 22.5 Å². The number of halogens is 1. The van der Waals surface area contributed by atoms with Crippen LogP contribution >= 0.6 is 11.6 Å². The first-order valence-corrected chi connectivity index (χ1v) is 12.6. The van der Waals surface area contributed by atoms with Gasteiger partial charge in [-0.3, -0.25) is 4.79 Å². The van der Waals surface area contributed by atoms with Crippen molar-refractivity contribution in [1.82, 2.24) is 20.2 Å². The molecule has 0 spiro atoms. The number of nitrogens with two attached hydrogens (primary N) is 2. The average Bonchev–Trinajstić information content (AvgIpc) is 2.91. The molecule has 1 heterocycles. The lowest BCUT2D eigenvalue weighted by Gasteiger charge is -2.22. The van der Waals surface area contributed by atoms with Gasteiger partial charge in [-0.05, 0) is 74.2 Å². The topological polar surface area (TPSA) is 129 Å². The standard InChI is InChI=1S/C27H35ClN6O3/c1-36-21-11-7-19(8-12-21)5-3-16-34(17-4-6-20-9-13-22(37-2)14-10-20)18-15-31-27(35)23-25(29)33-26(30)24(28)32-23/h7-14H,3-6,15-18H2,1-2H3,(H,31,35)(H4,29,30,33). The number of rotatable bonds is 14. The number of aryl methyl sites for hydroxylation is 2. The number of methoxy groups -OCH3 is 2. The summed E-state index contributed by atoms with van der Waals surface area (Å²) in [6.07, 6.45) is 3.91. The van der Waals surface area contributed by atoms with Gasteiger partial charge >= 0.3 is 0 Å². The molecule has 0 atom stereocenters. The molecule has 37 heavy (non-hydrogen) atoms. The zero-order valence-electron chi connectivity index (χ0n) is 21.4. The molecule has 10 heteroatoms. The van der Waals surface area contributed by atoms with Crippen LogP contribution in [0.2, 0.25) is 5.15 Å². The molecule has 0 saturated heterocycles. The number of carbonyl (C=O) groups excluding carboxylic acids is 1. The average molecular weight is 527 g/mol. The third kappa shape index (κ3) is 8.80. The first-order valence-electron chi connectivity index (χ1n) is 12.2. The molecule has 0 aliphatic carbocycles. The Hall–Kier alpha value is -3.56. The highest BCUT2D eigenvalue weighted by atomic mass is 35.5. The molecule has 0 fully saturated rings. The minimum absolute atomic E-state index is 0.00406. The number of nitrogen functional groups attached to an aromatic ring is 2. The zero-order chi connectivity index (χ0) is 26.6. The van der Waals surface area contributed by atoms with Crippen molar-refractivity contribution in [3.8, 4) is 11.5 Å². The largest absolute Gasteiger partial charge is 0.497 e. The van der Waals surface area contributed by atoms with Gasteiger partial charge in [0, 0.05) is 13.1 Å². The highest BCUT2D eigenvalue weighted by Gasteiger charge is 2.16. The van der Waals surface area contributed by atoms with Crippen LogP contribution in [-0.4, -0.2) is 61.2 Å². The van der Waals surface area contributed by atoms with Gasteiger partial charge in [0.25, 0.3) is 5.91 Å². The molecule has 198 valence electrons. The summed E-state index contributed by atoms with van der Waals surface area (Å²) in [6.45, 7) is 2.93. The molecule has 3 rings (SSSR count). The molecule has 2 aromatic carbocycles. The highest BCUT2D eigenvalue weighted by molar-refractivity contribution is 6.31. The van der Waals surface area contributed by atoms with Gasteiger partial charge in [-0.2, -0.15) is 0 Å². The summed E-state index contributed by atoms with van der Waals surface area (Å²) in [5, 5.41) is 2.82. The number of nitrogens with one attached hydrogen (secondary N) is 1. The minimum Gasteiger partial charge on any atom is -0.497 e. The molecule has 3 aromatic rings. The van der Waals surface area contributed by atoms with Crippen molar-refractivity contribution in [3.05, 3.63) is 70.5 Å². The highest BCUT2D eigenvalue weighted by Crippen LogP contribution is 2.17. The number of anilines is 2. The molecule has 0 saturated carbocycles. The molecule has 0 aliphatic heterocycles. The van der Waals surface area contributed by atoms with E-state index in [9.17, 15) is 4.79 Å². The molecule has 0 radical (unpaired) electrons. The smallest absolute Gasteiger partial charge is 0.273 e. The van der Waals surface area contributed by atoms with Gasteiger partial charge in [0.15, 0.2) is 22.5 Å². The van der Waals surface area contributed by atoms with Crippen LogP contribution in [0.5, 0.6) is 11.5 Å². The van der Waals surface area contributed by atoms with E-state index >= 15 is 0 Å². The third-order valence-corrected chi connectivity index (χ3v) is 6.31. The maximum atomic E-state index is 12.6. The van der Waals surface area contributed by atoms with Crippen LogP contribution in [0.15, 0.2) is 48.5 Å². The van der Waals surface area contributed by atoms with Crippen molar-refractivity contribution in [2.24, 2.45) is 0 Å². The van der Waals surface area contributed by atoms with E-state index in [0.29, 0.717) is 13.1 Å². The van der Waals surface area contributed by atoms with Crippen molar-refractivity contribution < 1.29 is 14.3 Å². The summed E-state index contributed by atoms with van der Waals surface area (Å²) < 4.78 is 10.5. The van der Waals surface area contributed by atoms with Gasteiger partial charge in [0.2, 0.25) is 0 Å². The molecule has 1 aromatic heterocycles. The van der Waals surface area contributed by atoms with E-state index in [1.165, 1.54) is 11.1 Å². The van der Waals surface area contributed by atoms with Crippen LogP contribution in [0.1, 0.15) is 34.5 Å². The van der Waals surface area contributed by atoms with Gasteiger partial charge in [0.1, 0.15) is 11.5 Å². The third-order valence-electron chi connectivity index (χ3n) is 6.03. The van der Waals surface area contributed by atoms with Crippen LogP contribution in [0, 0.1) is 0 Å². The molecule has 1 amide bonds. The SMILES string of the molecule is COc1ccc(CCCN(CCCc2ccc(OC)cc2)CCNC(=O)c2nc(Cl)c(N)nc2N)cc1. The predicted octanol–water partition coefficient (Wildman–Crippen LogP) is 3.61. The van der Waals surface area contributed by atoms with Crippen molar-refractivity contribution in [2.45, 2.75) is 25.7 Å². The monoisotopic (exact) mass is 526 g/mol. The van der Waals surface area contributed by atoms with Gasteiger partial charge in [-0.15, -0.1) is 0 Å². The Morgan fingerprint density at radius 3 is 1.84 bits per heavy atom.